The lowest BCUT2D eigenvalue weighted by atomic mass is 10.2. The van der Waals surface area contributed by atoms with Gasteiger partial charge in [0.15, 0.2) is 0 Å². The van der Waals surface area contributed by atoms with Gasteiger partial charge < -0.3 is 5.73 Å². The topological polar surface area (TPSA) is 43.8 Å². The van der Waals surface area contributed by atoms with Gasteiger partial charge in [-0.3, -0.25) is 4.68 Å². The first-order valence-corrected chi connectivity index (χ1v) is 7.73. The van der Waals surface area contributed by atoms with E-state index in [1.807, 2.05) is 41.2 Å². The van der Waals surface area contributed by atoms with Crippen molar-refractivity contribution in [3.63, 3.8) is 0 Å². The minimum absolute atomic E-state index is 0.0321. The van der Waals surface area contributed by atoms with E-state index in [0.29, 0.717) is 0 Å². The SMILES string of the molecule is CCCn1nccc1C(N)CSc1ccccc1Cl. The van der Waals surface area contributed by atoms with Crippen LogP contribution in [0.3, 0.4) is 0 Å². The highest BCUT2D eigenvalue weighted by Crippen LogP contribution is 2.29. The summed E-state index contributed by atoms with van der Waals surface area (Å²) in [5, 5.41) is 5.08. The molecule has 5 heteroatoms. The molecule has 2 aromatic rings. The molecular formula is C14H18ClN3S. The van der Waals surface area contributed by atoms with Crippen LogP contribution in [0.15, 0.2) is 41.4 Å². The molecule has 0 saturated heterocycles. The number of hydrogen-bond donors (Lipinski definition) is 1. The minimum Gasteiger partial charge on any atom is -0.322 e. The smallest absolute Gasteiger partial charge is 0.0562 e. The number of hydrogen-bond acceptors (Lipinski definition) is 3. The van der Waals surface area contributed by atoms with Gasteiger partial charge in [0.1, 0.15) is 0 Å². The lowest BCUT2D eigenvalue weighted by molar-refractivity contribution is 0.554. The first-order valence-electron chi connectivity index (χ1n) is 6.37. The Morgan fingerprint density at radius 1 is 1.37 bits per heavy atom. The molecule has 2 rings (SSSR count). The summed E-state index contributed by atoms with van der Waals surface area (Å²) in [4.78, 5) is 1.07. The third kappa shape index (κ3) is 3.75. The second kappa shape index (κ2) is 6.98. The van der Waals surface area contributed by atoms with E-state index in [0.717, 1.165) is 34.3 Å². The van der Waals surface area contributed by atoms with Gasteiger partial charge in [0.25, 0.3) is 0 Å². The number of aryl methyl sites for hydroxylation is 1. The molecule has 0 bridgehead atoms. The normalized spacial score (nSPS) is 12.6. The summed E-state index contributed by atoms with van der Waals surface area (Å²) in [6.07, 6.45) is 2.87. The van der Waals surface area contributed by atoms with Crippen molar-refractivity contribution in [1.29, 1.82) is 0 Å². The average Bonchev–Trinajstić information content (AvgIpc) is 2.86. The third-order valence-electron chi connectivity index (χ3n) is 2.82. The van der Waals surface area contributed by atoms with Crippen LogP contribution in [0.5, 0.6) is 0 Å². The van der Waals surface area contributed by atoms with E-state index in [2.05, 4.69) is 12.0 Å². The molecule has 0 amide bonds. The Kier molecular flexibility index (Phi) is 5.31. The van der Waals surface area contributed by atoms with E-state index in [9.17, 15) is 0 Å². The van der Waals surface area contributed by atoms with Crippen LogP contribution in [0, 0.1) is 0 Å². The molecule has 0 spiro atoms. The second-order valence-electron chi connectivity index (χ2n) is 4.33. The lowest BCUT2D eigenvalue weighted by Crippen LogP contribution is -2.18. The number of rotatable bonds is 6. The second-order valence-corrected chi connectivity index (χ2v) is 5.80. The number of halogens is 1. The van der Waals surface area contributed by atoms with Gasteiger partial charge in [-0.05, 0) is 24.6 Å². The van der Waals surface area contributed by atoms with Crippen LogP contribution in [0.2, 0.25) is 5.02 Å². The fourth-order valence-corrected chi connectivity index (χ4v) is 3.09. The zero-order valence-electron chi connectivity index (χ0n) is 10.9. The van der Waals surface area contributed by atoms with Crippen LogP contribution < -0.4 is 5.73 Å². The number of benzene rings is 1. The summed E-state index contributed by atoms with van der Waals surface area (Å²) in [6.45, 7) is 3.04. The molecule has 0 aliphatic rings. The summed E-state index contributed by atoms with van der Waals surface area (Å²) in [5.74, 6) is 0.791. The highest BCUT2D eigenvalue weighted by atomic mass is 35.5. The number of nitrogens with zero attached hydrogens (tertiary/aromatic N) is 2. The van der Waals surface area contributed by atoms with Crippen LogP contribution in [-0.2, 0) is 6.54 Å². The molecule has 2 N–H and O–H groups in total. The van der Waals surface area contributed by atoms with Crippen LogP contribution in [0.25, 0.3) is 0 Å². The molecule has 1 aromatic heterocycles. The van der Waals surface area contributed by atoms with E-state index in [1.54, 1.807) is 11.8 Å². The molecule has 1 aromatic carbocycles. The maximum absolute atomic E-state index is 6.24. The summed E-state index contributed by atoms with van der Waals surface area (Å²) in [6, 6.07) is 9.80. The van der Waals surface area contributed by atoms with E-state index in [-0.39, 0.29) is 6.04 Å². The van der Waals surface area contributed by atoms with Crippen molar-refractivity contribution in [3.8, 4) is 0 Å². The van der Waals surface area contributed by atoms with Crippen LogP contribution in [-0.4, -0.2) is 15.5 Å². The maximum atomic E-state index is 6.24. The summed E-state index contributed by atoms with van der Waals surface area (Å²) < 4.78 is 1.98. The highest BCUT2D eigenvalue weighted by Gasteiger charge is 2.12. The zero-order chi connectivity index (χ0) is 13.7. The van der Waals surface area contributed by atoms with Gasteiger partial charge in [0.05, 0.1) is 16.8 Å². The van der Waals surface area contributed by atoms with E-state index < -0.39 is 0 Å². The Balaban J connectivity index is 1.99. The van der Waals surface area contributed by atoms with Crippen LogP contribution in [0.4, 0.5) is 0 Å². The average molecular weight is 296 g/mol. The standard InChI is InChI=1S/C14H18ClN3S/c1-2-9-18-13(7-8-17-18)12(16)10-19-14-6-4-3-5-11(14)15/h3-8,12H,2,9-10,16H2,1H3. The predicted octanol–water partition coefficient (Wildman–Crippen LogP) is 3.74. The van der Waals surface area contributed by atoms with Gasteiger partial charge >= 0.3 is 0 Å². The Labute approximate surface area is 123 Å². The molecule has 0 fully saturated rings. The van der Waals surface area contributed by atoms with Gasteiger partial charge in [0.2, 0.25) is 0 Å². The van der Waals surface area contributed by atoms with Crippen molar-refractivity contribution in [2.24, 2.45) is 5.73 Å². The summed E-state index contributed by atoms with van der Waals surface area (Å²) >= 11 is 7.82. The van der Waals surface area contributed by atoms with Crippen molar-refractivity contribution >= 4 is 23.4 Å². The van der Waals surface area contributed by atoms with Gasteiger partial charge in [-0.15, -0.1) is 11.8 Å². The fourth-order valence-electron chi connectivity index (χ4n) is 1.88. The van der Waals surface area contributed by atoms with Crippen molar-refractivity contribution in [3.05, 3.63) is 47.2 Å². The van der Waals surface area contributed by atoms with Crippen molar-refractivity contribution in [2.45, 2.75) is 30.8 Å². The van der Waals surface area contributed by atoms with Crippen molar-refractivity contribution < 1.29 is 0 Å². The minimum atomic E-state index is -0.0321. The van der Waals surface area contributed by atoms with E-state index >= 15 is 0 Å². The van der Waals surface area contributed by atoms with Gasteiger partial charge in [0, 0.05) is 23.4 Å². The largest absolute Gasteiger partial charge is 0.322 e. The van der Waals surface area contributed by atoms with Crippen LogP contribution >= 0.6 is 23.4 Å². The molecule has 3 nitrogen and oxygen atoms in total. The highest BCUT2D eigenvalue weighted by molar-refractivity contribution is 7.99. The summed E-state index contributed by atoms with van der Waals surface area (Å²) in [5.41, 5.74) is 7.33. The molecular weight excluding hydrogens is 278 g/mol. The van der Waals surface area contributed by atoms with Crippen LogP contribution in [0.1, 0.15) is 25.1 Å². The Bertz CT molecular complexity index is 527. The maximum Gasteiger partial charge on any atom is 0.0562 e. The fraction of sp³-hybridized carbons (Fsp3) is 0.357. The monoisotopic (exact) mass is 295 g/mol. The Morgan fingerprint density at radius 2 is 2.16 bits per heavy atom. The van der Waals surface area contributed by atoms with Crippen molar-refractivity contribution in [2.75, 3.05) is 5.75 Å². The quantitative estimate of drug-likeness (QED) is 0.826. The first kappa shape index (κ1) is 14.4. The Morgan fingerprint density at radius 3 is 2.89 bits per heavy atom. The number of nitrogens with two attached hydrogens (primary N) is 1. The number of thioether (sulfide) groups is 1. The van der Waals surface area contributed by atoms with E-state index in [1.165, 1.54) is 0 Å². The molecule has 1 heterocycles. The predicted molar refractivity (Wildman–Crippen MR) is 81.6 cm³/mol. The van der Waals surface area contributed by atoms with Gasteiger partial charge in [-0.2, -0.15) is 5.10 Å². The molecule has 102 valence electrons. The van der Waals surface area contributed by atoms with E-state index in [4.69, 9.17) is 17.3 Å². The molecule has 0 saturated carbocycles. The zero-order valence-corrected chi connectivity index (χ0v) is 12.5. The lowest BCUT2D eigenvalue weighted by Gasteiger charge is -2.14. The van der Waals surface area contributed by atoms with Gasteiger partial charge in [-0.1, -0.05) is 30.7 Å². The molecule has 1 atom stereocenters. The van der Waals surface area contributed by atoms with Gasteiger partial charge in [-0.25, -0.2) is 0 Å². The molecule has 1 unspecified atom stereocenters. The van der Waals surface area contributed by atoms with Crippen molar-refractivity contribution in [1.82, 2.24) is 9.78 Å². The summed E-state index contributed by atoms with van der Waals surface area (Å²) in [7, 11) is 0. The first-order chi connectivity index (χ1) is 9.22. The number of aromatic nitrogens is 2. The molecule has 0 aliphatic heterocycles. The Hall–Kier alpha value is -0.970. The molecule has 0 aliphatic carbocycles. The molecule has 19 heavy (non-hydrogen) atoms. The molecule has 0 radical (unpaired) electrons. The third-order valence-corrected chi connectivity index (χ3v) is 4.45.